The van der Waals surface area contributed by atoms with E-state index in [4.69, 9.17) is 0 Å². The fraction of sp³-hybridized carbons (Fsp3) is 0.474. The molecule has 0 bridgehead atoms. The molecule has 1 amide bonds. The Kier molecular flexibility index (Phi) is 4.51. The van der Waals surface area contributed by atoms with Gasteiger partial charge in [0.25, 0.3) is 0 Å². The standard InChI is InChI=1S/C19H25N3O/c1-13(2)18-20-16-10-9-15(11-17(16)21-18)19(23)22(3)12-14-7-5-4-6-8-14/h4-8,13,15H,9-12H2,1-3H3,(H,20,21)/t15-/m0/s1. The van der Waals surface area contributed by atoms with Crippen molar-refractivity contribution >= 4 is 5.91 Å². The molecule has 4 heteroatoms. The van der Waals surface area contributed by atoms with Crippen molar-refractivity contribution in [2.45, 2.75) is 45.6 Å². The number of aromatic nitrogens is 2. The Hall–Kier alpha value is -2.10. The van der Waals surface area contributed by atoms with Crippen LogP contribution in [0.5, 0.6) is 0 Å². The molecule has 1 aromatic carbocycles. The Morgan fingerprint density at radius 1 is 1.35 bits per heavy atom. The van der Waals surface area contributed by atoms with Crippen LogP contribution in [0.15, 0.2) is 30.3 Å². The molecule has 0 unspecified atom stereocenters. The number of carbonyl (C=O) groups is 1. The van der Waals surface area contributed by atoms with Crippen LogP contribution in [0.1, 0.15) is 49.0 Å². The Morgan fingerprint density at radius 3 is 2.78 bits per heavy atom. The number of amides is 1. The molecule has 3 rings (SSSR count). The first kappa shape index (κ1) is 15.8. The maximum absolute atomic E-state index is 12.7. The van der Waals surface area contributed by atoms with E-state index in [9.17, 15) is 4.79 Å². The minimum Gasteiger partial charge on any atom is -0.345 e. The molecule has 0 spiro atoms. The first-order valence-electron chi connectivity index (χ1n) is 8.41. The minimum absolute atomic E-state index is 0.0664. The van der Waals surface area contributed by atoms with Crippen molar-refractivity contribution in [3.8, 4) is 0 Å². The molecule has 23 heavy (non-hydrogen) atoms. The Morgan fingerprint density at radius 2 is 2.09 bits per heavy atom. The fourth-order valence-corrected chi connectivity index (χ4v) is 3.23. The van der Waals surface area contributed by atoms with Gasteiger partial charge < -0.3 is 9.88 Å². The molecule has 2 aromatic rings. The number of rotatable bonds is 4. The summed E-state index contributed by atoms with van der Waals surface area (Å²) in [4.78, 5) is 22.7. The van der Waals surface area contributed by atoms with Gasteiger partial charge in [0.05, 0.1) is 5.69 Å². The second kappa shape index (κ2) is 6.57. The van der Waals surface area contributed by atoms with Gasteiger partial charge in [-0.2, -0.15) is 0 Å². The summed E-state index contributed by atoms with van der Waals surface area (Å²) in [6.07, 6.45) is 2.58. The van der Waals surface area contributed by atoms with Crippen molar-refractivity contribution in [3.05, 3.63) is 53.1 Å². The van der Waals surface area contributed by atoms with Gasteiger partial charge in [-0.25, -0.2) is 4.98 Å². The van der Waals surface area contributed by atoms with Gasteiger partial charge in [-0.15, -0.1) is 0 Å². The van der Waals surface area contributed by atoms with Crippen LogP contribution in [0.4, 0.5) is 0 Å². The molecular weight excluding hydrogens is 286 g/mol. The Bertz CT molecular complexity index is 675. The van der Waals surface area contributed by atoms with Crippen LogP contribution in [0.2, 0.25) is 0 Å². The summed E-state index contributed by atoms with van der Waals surface area (Å²) in [5.41, 5.74) is 3.48. The van der Waals surface area contributed by atoms with E-state index in [0.29, 0.717) is 12.5 Å². The lowest BCUT2D eigenvalue weighted by atomic mass is 9.89. The third kappa shape index (κ3) is 3.46. The van der Waals surface area contributed by atoms with Gasteiger partial charge in [-0.1, -0.05) is 44.2 Å². The van der Waals surface area contributed by atoms with Crippen LogP contribution in [0.3, 0.4) is 0 Å². The minimum atomic E-state index is 0.0664. The van der Waals surface area contributed by atoms with E-state index in [1.807, 2.05) is 30.1 Å². The number of nitrogens with zero attached hydrogens (tertiary/aromatic N) is 2. The molecule has 122 valence electrons. The predicted octanol–water partition coefficient (Wildman–Crippen LogP) is 3.30. The number of fused-ring (bicyclic) bond motifs is 1. The van der Waals surface area contributed by atoms with E-state index in [2.05, 4.69) is 35.9 Å². The third-order valence-electron chi connectivity index (χ3n) is 4.60. The zero-order chi connectivity index (χ0) is 16.4. The van der Waals surface area contributed by atoms with Crippen LogP contribution >= 0.6 is 0 Å². The average Bonchev–Trinajstić information content (AvgIpc) is 2.98. The predicted molar refractivity (Wildman–Crippen MR) is 91.1 cm³/mol. The van der Waals surface area contributed by atoms with Crippen molar-refractivity contribution in [2.24, 2.45) is 5.92 Å². The van der Waals surface area contributed by atoms with E-state index < -0.39 is 0 Å². The lowest BCUT2D eigenvalue weighted by Gasteiger charge is -2.26. The molecule has 1 atom stereocenters. The second-order valence-electron chi connectivity index (χ2n) is 6.82. The maximum atomic E-state index is 12.7. The maximum Gasteiger partial charge on any atom is 0.226 e. The van der Waals surface area contributed by atoms with Gasteiger partial charge in [-0.3, -0.25) is 4.79 Å². The van der Waals surface area contributed by atoms with Crippen LogP contribution < -0.4 is 0 Å². The normalized spacial score (nSPS) is 17.1. The monoisotopic (exact) mass is 311 g/mol. The third-order valence-corrected chi connectivity index (χ3v) is 4.60. The van der Waals surface area contributed by atoms with Gasteiger partial charge in [0.2, 0.25) is 5.91 Å². The Labute approximate surface area is 137 Å². The van der Waals surface area contributed by atoms with E-state index in [0.717, 1.165) is 36.5 Å². The van der Waals surface area contributed by atoms with Crippen LogP contribution in [-0.2, 0) is 24.2 Å². The molecule has 4 nitrogen and oxygen atoms in total. The lowest BCUT2D eigenvalue weighted by molar-refractivity contribution is -0.135. The van der Waals surface area contributed by atoms with E-state index >= 15 is 0 Å². The number of nitrogens with one attached hydrogen (secondary N) is 1. The summed E-state index contributed by atoms with van der Waals surface area (Å²) >= 11 is 0. The van der Waals surface area contributed by atoms with E-state index in [-0.39, 0.29) is 11.8 Å². The number of hydrogen-bond donors (Lipinski definition) is 1. The fourth-order valence-electron chi connectivity index (χ4n) is 3.23. The van der Waals surface area contributed by atoms with Gasteiger partial charge in [0.15, 0.2) is 0 Å². The smallest absolute Gasteiger partial charge is 0.226 e. The zero-order valence-electron chi connectivity index (χ0n) is 14.2. The molecule has 0 saturated heterocycles. The summed E-state index contributed by atoms with van der Waals surface area (Å²) in [5, 5.41) is 0. The van der Waals surface area contributed by atoms with Crippen molar-refractivity contribution in [1.82, 2.24) is 14.9 Å². The molecular formula is C19H25N3O. The summed E-state index contributed by atoms with van der Waals surface area (Å²) in [6, 6.07) is 10.1. The highest BCUT2D eigenvalue weighted by Crippen LogP contribution is 2.27. The Balaban J connectivity index is 1.66. The van der Waals surface area contributed by atoms with Crippen LogP contribution in [0, 0.1) is 5.92 Å². The van der Waals surface area contributed by atoms with Crippen molar-refractivity contribution in [1.29, 1.82) is 0 Å². The summed E-state index contributed by atoms with van der Waals surface area (Å²) in [6.45, 7) is 4.95. The van der Waals surface area contributed by atoms with Gasteiger partial charge in [0, 0.05) is 37.5 Å². The summed E-state index contributed by atoms with van der Waals surface area (Å²) < 4.78 is 0. The largest absolute Gasteiger partial charge is 0.345 e. The molecule has 1 heterocycles. The average molecular weight is 311 g/mol. The second-order valence-corrected chi connectivity index (χ2v) is 6.82. The van der Waals surface area contributed by atoms with Gasteiger partial charge in [0.1, 0.15) is 5.82 Å². The number of benzene rings is 1. The number of H-pyrrole nitrogens is 1. The van der Waals surface area contributed by atoms with Crippen LogP contribution in [-0.4, -0.2) is 27.8 Å². The SMILES string of the molecule is CC(C)c1nc2c([nH]1)C[C@@H](C(=O)N(C)Cc1ccccc1)CC2. The zero-order valence-corrected chi connectivity index (χ0v) is 14.2. The molecule has 0 radical (unpaired) electrons. The first-order valence-corrected chi connectivity index (χ1v) is 8.41. The van der Waals surface area contributed by atoms with Crippen molar-refractivity contribution < 1.29 is 4.79 Å². The van der Waals surface area contributed by atoms with E-state index in [1.54, 1.807) is 0 Å². The number of imidazole rings is 1. The molecule has 1 aliphatic carbocycles. The molecule has 0 fully saturated rings. The number of aromatic amines is 1. The number of aryl methyl sites for hydroxylation is 1. The highest BCUT2D eigenvalue weighted by atomic mass is 16.2. The lowest BCUT2D eigenvalue weighted by Crippen LogP contribution is -2.35. The van der Waals surface area contributed by atoms with Gasteiger partial charge >= 0.3 is 0 Å². The highest BCUT2D eigenvalue weighted by molar-refractivity contribution is 5.79. The van der Waals surface area contributed by atoms with Gasteiger partial charge in [-0.05, 0) is 18.4 Å². The van der Waals surface area contributed by atoms with Crippen molar-refractivity contribution in [3.63, 3.8) is 0 Å². The molecule has 1 aromatic heterocycles. The highest BCUT2D eigenvalue weighted by Gasteiger charge is 2.29. The number of hydrogen-bond acceptors (Lipinski definition) is 2. The summed E-state index contributed by atoms with van der Waals surface area (Å²) in [5.74, 6) is 1.74. The molecule has 0 saturated carbocycles. The van der Waals surface area contributed by atoms with Crippen LogP contribution in [0.25, 0.3) is 0 Å². The molecule has 0 aliphatic heterocycles. The summed E-state index contributed by atoms with van der Waals surface area (Å²) in [7, 11) is 1.90. The number of carbonyl (C=O) groups excluding carboxylic acids is 1. The van der Waals surface area contributed by atoms with Crippen molar-refractivity contribution in [2.75, 3.05) is 7.05 Å². The molecule has 1 N–H and O–H groups in total. The first-order chi connectivity index (χ1) is 11.0. The molecule has 1 aliphatic rings. The quantitative estimate of drug-likeness (QED) is 0.942. The van der Waals surface area contributed by atoms with E-state index in [1.165, 1.54) is 5.56 Å². The topological polar surface area (TPSA) is 49.0 Å².